The zero-order valence-electron chi connectivity index (χ0n) is 20.1. The van der Waals surface area contributed by atoms with Crippen molar-refractivity contribution in [2.45, 2.75) is 92.9 Å². The molecule has 0 atom stereocenters. The third-order valence-electron chi connectivity index (χ3n) is 5.53. The van der Waals surface area contributed by atoms with E-state index in [-0.39, 0.29) is 27.9 Å². The standard InChI is InChI=1S/C27H39ClO3/c1-7-8-15-23(29)24-21(6)25(28)27(31)22(26(24)30)17-16-20(5)14-10-13-19(4)12-9-11-18(2)3/h11,13,16,30-31H,7-10,12,14-15,17H2,1-6H3/b19-13+,20-16+. The molecule has 172 valence electrons. The van der Waals surface area contributed by atoms with E-state index in [1.54, 1.807) is 6.92 Å². The van der Waals surface area contributed by atoms with Crippen LogP contribution in [0.1, 0.15) is 101 Å². The highest BCUT2D eigenvalue weighted by atomic mass is 35.5. The minimum atomic E-state index is -0.139. The second-order valence-electron chi connectivity index (χ2n) is 8.68. The van der Waals surface area contributed by atoms with Crippen LogP contribution >= 0.6 is 11.6 Å². The summed E-state index contributed by atoms with van der Waals surface area (Å²) in [5.74, 6) is -0.406. The number of unbranched alkanes of at least 4 members (excludes halogenated alkanes) is 1. The van der Waals surface area contributed by atoms with Gasteiger partial charge in [-0.3, -0.25) is 4.79 Å². The number of allylic oxidation sites excluding steroid dienone is 6. The molecule has 0 aliphatic heterocycles. The second-order valence-corrected chi connectivity index (χ2v) is 9.06. The van der Waals surface area contributed by atoms with Crippen LogP contribution in [0.15, 0.2) is 34.9 Å². The lowest BCUT2D eigenvalue weighted by molar-refractivity contribution is 0.0976. The van der Waals surface area contributed by atoms with Crippen LogP contribution in [0.4, 0.5) is 0 Å². The molecule has 0 unspecified atom stereocenters. The lowest BCUT2D eigenvalue weighted by Gasteiger charge is -2.15. The van der Waals surface area contributed by atoms with Crippen LogP contribution in [0.25, 0.3) is 0 Å². The number of aromatic hydroxyl groups is 2. The average molecular weight is 447 g/mol. The van der Waals surface area contributed by atoms with E-state index >= 15 is 0 Å². The Bertz CT molecular complexity index is 856. The molecule has 3 nitrogen and oxygen atoms in total. The number of carbonyl (C=O) groups excluding carboxylic acids is 1. The maximum Gasteiger partial charge on any atom is 0.166 e. The van der Waals surface area contributed by atoms with Crippen LogP contribution in [0.2, 0.25) is 5.02 Å². The predicted molar refractivity (Wildman–Crippen MR) is 132 cm³/mol. The van der Waals surface area contributed by atoms with Crippen LogP contribution in [0, 0.1) is 6.92 Å². The Hall–Kier alpha value is -2.00. The van der Waals surface area contributed by atoms with Crippen molar-refractivity contribution in [3.63, 3.8) is 0 Å². The summed E-state index contributed by atoms with van der Waals surface area (Å²) in [4.78, 5) is 12.6. The Kier molecular flexibility index (Phi) is 11.7. The van der Waals surface area contributed by atoms with Crippen LogP contribution in [-0.2, 0) is 6.42 Å². The van der Waals surface area contributed by atoms with Gasteiger partial charge < -0.3 is 10.2 Å². The van der Waals surface area contributed by atoms with Gasteiger partial charge in [0, 0.05) is 12.0 Å². The van der Waals surface area contributed by atoms with Crippen LogP contribution in [-0.4, -0.2) is 16.0 Å². The quantitative estimate of drug-likeness (QED) is 0.250. The molecule has 0 heterocycles. The number of carbonyl (C=O) groups is 1. The molecule has 2 N–H and O–H groups in total. The molecule has 0 aliphatic carbocycles. The second kappa shape index (κ2) is 13.4. The highest BCUT2D eigenvalue weighted by molar-refractivity contribution is 6.33. The third-order valence-corrected chi connectivity index (χ3v) is 6.00. The topological polar surface area (TPSA) is 57.5 Å². The molecule has 0 aromatic heterocycles. The first-order valence-corrected chi connectivity index (χ1v) is 11.7. The van der Waals surface area contributed by atoms with Gasteiger partial charge in [0.15, 0.2) is 5.78 Å². The number of halogens is 1. The van der Waals surface area contributed by atoms with E-state index < -0.39 is 0 Å². The highest BCUT2D eigenvalue weighted by Crippen LogP contribution is 2.41. The van der Waals surface area contributed by atoms with E-state index in [1.807, 2.05) is 19.9 Å². The number of hydrogen-bond donors (Lipinski definition) is 2. The SMILES string of the molecule is CCCCC(=O)c1c(C)c(Cl)c(O)c(C/C=C(\C)CC/C=C(\C)CCC=C(C)C)c1O. The summed E-state index contributed by atoms with van der Waals surface area (Å²) in [6.45, 7) is 12.1. The minimum absolute atomic E-state index is 0.130. The molecule has 31 heavy (non-hydrogen) atoms. The number of rotatable bonds is 12. The smallest absolute Gasteiger partial charge is 0.166 e. The number of phenolic OH excluding ortho intramolecular Hbond substituents is 2. The highest BCUT2D eigenvalue weighted by Gasteiger charge is 2.23. The van der Waals surface area contributed by atoms with Gasteiger partial charge in [0.1, 0.15) is 11.5 Å². The largest absolute Gasteiger partial charge is 0.507 e. The fourth-order valence-corrected chi connectivity index (χ4v) is 3.68. The summed E-state index contributed by atoms with van der Waals surface area (Å²) >= 11 is 6.29. The summed E-state index contributed by atoms with van der Waals surface area (Å²) in [6, 6.07) is 0. The molecule has 0 spiro atoms. The van der Waals surface area contributed by atoms with Crippen molar-refractivity contribution < 1.29 is 15.0 Å². The number of benzene rings is 1. The molecule has 0 amide bonds. The van der Waals surface area contributed by atoms with Gasteiger partial charge >= 0.3 is 0 Å². The summed E-state index contributed by atoms with van der Waals surface area (Å²) < 4.78 is 0. The van der Waals surface area contributed by atoms with Crippen LogP contribution < -0.4 is 0 Å². The first-order chi connectivity index (χ1) is 14.6. The van der Waals surface area contributed by atoms with Gasteiger partial charge in [-0.05, 0) is 78.7 Å². The molecule has 1 aromatic rings. The summed E-state index contributed by atoms with van der Waals surface area (Å²) in [5.41, 5.74) is 4.92. The molecular formula is C27H39ClO3. The molecule has 0 saturated carbocycles. The van der Waals surface area contributed by atoms with E-state index in [0.717, 1.165) is 38.5 Å². The Morgan fingerprint density at radius 3 is 2.06 bits per heavy atom. The lowest BCUT2D eigenvalue weighted by Crippen LogP contribution is -2.05. The predicted octanol–water partition coefficient (Wildman–Crippen LogP) is 8.39. The van der Waals surface area contributed by atoms with Gasteiger partial charge in [0.05, 0.1) is 10.6 Å². The van der Waals surface area contributed by atoms with Crippen molar-refractivity contribution in [3.8, 4) is 11.5 Å². The van der Waals surface area contributed by atoms with Gasteiger partial charge in [-0.2, -0.15) is 0 Å². The average Bonchev–Trinajstić information content (AvgIpc) is 2.70. The van der Waals surface area contributed by atoms with Crippen molar-refractivity contribution in [1.29, 1.82) is 0 Å². The number of ketones is 1. The Labute approximate surface area is 193 Å². The van der Waals surface area contributed by atoms with Gasteiger partial charge in [-0.1, -0.05) is 59.9 Å². The number of hydrogen-bond acceptors (Lipinski definition) is 3. The van der Waals surface area contributed by atoms with Crippen LogP contribution in [0.3, 0.4) is 0 Å². The molecule has 0 fully saturated rings. The number of phenols is 2. The van der Waals surface area contributed by atoms with Gasteiger partial charge in [0.25, 0.3) is 0 Å². The van der Waals surface area contributed by atoms with Crippen molar-refractivity contribution >= 4 is 17.4 Å². The molecular weight excluding hydrogens is 408 g/mol. The molecule has 4 heteroatoms. The Morgan fingerprint density at radius 1 is 0.903 bits per heavy atom. The normalized spacial score (nSPS) is 12.2. The Balaban J connectivity index is 2.89. The maximum atomic E-state index is 12.6. The fraction of sp³-hybridized carbons (Fsp3) is 0.519. The van der Waals surface area contributed by atoms with Crippen molar-refractivity contribution in [2.75, 3.05) is 0 Å². The van der Waals surface area contributed by atoms with E-state index in [0.29, 0.717) is 24.0 Å². The maximum absolute atomic E-state index is 12.6. The fourth-order valence-electron chi connectivity index (χ4n) is 3.47. The zero-order chi connectivity index (χ0) is 23.6. The van der Waals surface area contributed by atoms with E-state index in [9.17, 15) is 15.0 Å². The first kappa shape index (κ1) is 27.0. The molecule has 1 rings (SSSR count). The monoisotopic (exact) mass is 446 g/mol. The van der Waals surface area contributed by atoms with Crippen molar-refractivity contribution in [3.05, 3.63) is 56.7 Å². The van der Waals surface area contributed by atoms with Crippen LogP contribution in [0.5, 0.6) is 11.5 Å². The van der Waals surface area contributed by atoms with Crippen molar-refractivity contribution in [1.82, 2.24) is 0 Å². The summed E-state index contributed by atoms with van der Waals surface area (Å²) in [6.07, 6.45) is 12.9. The zero-order valence-corrected chi connectivity index (χ0v) is 20.8. The van der Waals surface area contributed by atoms with E-state index in [1.165, 1.54) is 16.7 Å². The number of Topliss-reactive ketones (excluding diaryl/α,β-unsaturated/α-hetero) is 1. The molecule has 0 saturated heterocycles. The molecule has 0 bridgehead atoms. The lowest BCUT2D eigenvalue weighted by atomic mass is 9.94. The van der Waals surface area contributed by atoms with E-state index in [4.69, 9.17) is 11.6 Å². The first-order valence-electron chi connectivity index (χ1n) is 11.3. The minimum Gasteiger partial charge on any atom is -0.507 e. The van der Waals surface area contributed by atoms with Gasteiger partial charge in [-0.15, -0.1) is 0 Å². The summed E-state index contributed by atoms with van der Waals surface area (Å²) in [5, 5.41) is 21.4. The van der Waals surface area contributed by atoms with Crippen molar-refractivity contribution in [2.24, 2.45) is 0 Å². The molecule has 0 radical (unpaired) electrons. The van der Waals surface area contributed by atoms with Gasteiger partial charge in [-0.25, -0.2) is 0 Å². The summed E-state index contributed by atoms with van der Waals surface area (Å²) in [7, 11) is 0. The van der Waals surface area contributed by atoms with E-state index in [2.05, 4.69) is 32.9 Å². The van der Waals surface area contributed by atoms with Gasteiger partial charge in [0.2, 0.25) is 0 Å². The Morgan fingerprint density at radius 2 is 1.48 bits per heavy atom. The molecule has 0 aliphatic rings. The molecule has 1 aromatic carbocycles. The third kappa shape index (κ3) is 8.57.